The summed E-state index contributed by atoms with van der Waals surface area (Å²) < 4.78 is 11.1. The quantitative estimate of drug-likeness (QED) is 0.603. The Labute approximate surface area is 209 Å². The van der Waals surface area contributed by atoms with Crippen LogP contribution in [0.5, 0.6) is 0 Å². The van der Waals surface area contributed by atoms with Crippen LogP contribution in [0.1, 0.15) is 32.9 Å². The van der Waals surface area contributed by atoms with Gasteiger partial charge in [-0.25, -0.2) is 4.98 Å². The first-order valence-electron chi connectivity index (χ1n) is 12.3. The molecule has 0 saturated carbocycles. The number of ether oxygens (including phenoxy) is 2. The smallest absolute Gasteiger partial charge is 0.204 e. The number of hydrogen-bond donors (Lipinski definition) is 2. The summed E-state index contributed by atoms with van der Waals surface area (Å²) in [5.41, 5.74) is 8.87. The lowest BCUT2D eigenvalue weighted by Crippen LogP contribution is -2.39. The molecule has 0 spiro atoms. The number of aryl methyl sites for hydroxylation is 1. The number of amides is 1. The van der Waals surface area contributed by atoms with Gasteiger partial charge in [0.25, 0.3) is 0 Å². The number of carbonyl (C=O) groups is 1. The van der Waals surface area contributed by atoms with Gasteiger partial charge in [-0.2, -0.15) is 0 Å². The molecular weight excluding hydrogens is 444 g/mol. The Bertz CT molecular complexity index is 914. The van der Waals surface area contributed by atoms with E-state index in [1.165, 1.54) is 0 Å². The highest BCUT2D eigenvalue weighted by atomic mass is 16.5. The molecule has 0 aliphatic carbocycles. The zero-order valence-corrected chi connectivity index (χ0v) is 21.5. The summed E-state index contributed by atoms with van der Waals surface area (Å²) in [4.78, 5) is 23.0. The maximum Gasteiger partial charge on any atom is 0.204 e. The highest BCUT2D eigenvalue weighted by molar-refractivity contribution is 5.75. The normalized spacial score (nSPS) is 16.3. The minimum absolute atomic E-state index is 0.250. The van der Waals surface area contributed by atoms with Crippen molar-refractivity contribution in [2.45, 2.75) is 34.1 Å². The van der Waals surface area contributed by atoms with E-state index in [0.717, 1.165) is 99.7 Å². The third-order valence-electron chi connectivity index (χ3n) is 6.07. The van der Waals surface area contributed by atoms with Gasteiger partial charge in [0, 0.05) is 44.0 Å². The molecular formula is C26H40N6O3. The Hall–Kier alpha value is -2.91. The van der Waals surface area contributed by atoms with E-state index < -0.39 is 0 Å². The van der Waals surface area contributed by atoms with E-state index in [0.29, 0.717) is 5.41 Å². The second kappa shape index (κ2) is 12.7. The molecule has 9 heteroatoms. The van der Waals surface area contributed by atoms with E-state index in [4.69, 9.17) is 24.2 Å². The molecule has 2 aliphatic heterocycles. The first-order valence-corrected chi connectivity index (χ1v) is 12.3. The summed E-state index contributed by atoms with van der Waals surface area (Å²) in [5.74, 6) is 2.02. The van der Waals surface area contributed by atoms with Crippen molar-refractivity contribution in [1.82, 2.24) is 9.97 Å². The van der Waals surface area contributed by atoms with E-state index in [2.05, 4.69) is 66.7 Å². The number of nitrogens with zero attached hydrogens (tertiary/aromatic N) is 4. The second-order valence-corrected chi connectivity index (χ2v) is 10.0. The van der Waals surface area contributed by atoms with E-state index >= 15 is 0 Å². The fraction of sp³-hybridized carbons (Fsp3) is 0.577. The maximum absolute atomic E-state index is 8.58. The minimum Gasteiger partial charge on any atom is -0.384 e. The molecule has 0 unspecified atom stereocenters. The summed E-state index contributed by atoms with van der Waals surface area (Å²) in [6.07, 6.45) is 3.29. The predicted molar refractivity (Wildman–Crippen MR) is 141 cm³/mol. The molecule has 2 aliphatic rings. The maximum atomic E-state index is 8.58. The molecule has 2 aromatic heterocycles. The molecule has 3 N–H and O–H groups in total. The third-order valence-corrected chi connectivity index (χ3v) is 6.07. The molecule has 2 saturated heterocycles. The summed E-state index contributed by atoms with van der Waals surface area (Å²) >= 11 is 0. The lowest BCUT2D eigenvalue weighted by molar-refractivity contribution is -0.106. The summed E-state index contributed by atoms with van der Waals surface area (Å²) in [6.45, 7) is 16.3. The van der Waals surface area contributed by atoms with Gasteiger partial charge >= 0.3 is 0 Å². The van der Waals surface area contributed by atoms with Crippen LogP contribution in [0.25, 0.3) is 11.1 Å². The largest absolute Gasteiger partial charge is 0.384 e. The van der Waals surface area contributed by atoms with Crippen molar-refractivity contribution in [2.24, 2.45) is 11.1 Å². The number of morpholine rings is 2. The minimum atomic E-state index is 0.250. The summed E-state index contributed by atoms with van der Waals surface area (Å²) in [6, 6.07) is 6.64. The van der Waals surface area contributed by atoms with Crippen LogP contribution in [0, 0.1) is 12.3 Å². The zero-order valence-electron chi connectivity index (χ0n) is 21.5. The molecule has 0 bridgehead atoms. The van der Waals surface area contributed by atoms with Crippen LogP contribution in [0.15, 0.2) is 24.4 Å². The van der Waals surface area contributed by atoms with E-state index in [1.54, 1.807) is 0 Å². The van der Waals surface area contributed by atoms with Gasteiger partial charge in [-0.3, -0.25) is 9.78 Å². The van der Waals surface area contributed by atoms with Gasteiger partial charge in [-0.1, -0.05) is 20.8 Å². The monoisotopic (exact) mass is 484 g/mol. The Balaban J connectivity index is 0.00000108. The van der Waals surface area contributed by atoms with Crippen LogP contribution in [-0.4, -0.2) is 75.5 Å². The fourth-order valence-corrected chi connectivity index (χ4v) is 4.07. The first kappa shape index (κ1) is 26.7. The van der Waals surface area contributed by atoms with Crippen molar-refractivity contribution in [3.05, 3.63) is 30.1 Å². The Morgan fingerprint density at radius 2 is 1.51 bits per heavy atom. The molecule has 192 valence electrons. The van der Waals surface area contributed by atoms with Gasteiger partial charge in [0.1, 0.15) is 11.6 Å². The van der Waals surface area contributed by atoms with Crippen molar-refractivity contribution >= 4 is 23.7 Å². The number of carbonyl (C=O) groups excluding carboxylic acids is 1. The number of primary amides is 1. The van der Waals surface area contributed by atoms with E-state index in [9.17, 15) is 0 Å². The van der Waals surface area contributed by atoms with Crippen molar-refractivity contribution in [1.29, 1.82) is 0 Å². The molecule has 0 atom stereocenters. The number of nitrogens with one attached hydrogen (secondary N) is 1. The summed E-state index contributed by atoms with van der Waals surface area (Å²) in [5, 5.41) is 3.56. The number of hydrogen-bond acceptors (Lipinski definition) is 8. The van der Waals surface area contributed by atoms with Crippen molar-refractivity contribution < 1.29 is 14.3 Å². The lowest BCUT2D eigenvalue weighted by Gasteiger charge is -2.32. The number of anilines is 3. The lowest BCUT2D eigenvalue weighted by atomic mass is 9.92. The molecule has 1 amide bonds. The molecule has 4 heterocycles. The first-order chi connectivity index (χ1) is 16.8. The molecule has 0 radical (unpaired) electrons. The molecule has 35 heavy (non-hydrogen) atoms. The Morgan fingerprint density at radius 1 is 1.00 bits per heavy atom. The fourth-order valence-electron chi connectivity index (χ4n) is 4.07. The van der Waals surface area contributed by atoms with Gasteiger partial charge in [0.15, 0.2) is 0 Å². The van der Waals surface area contributed by atoms with Gasteiger partial charge < -0.3 is 30.3 Å². The molecule has 0 aromatic carbocycles. The second-order valence-electron chi connectivity index (χ2n) is 10.0. The average Bonchev–Trinajstić information content (AvgIpc) is 2.85. The van der Waals surface area contributed by atoms with Crippen molar-refractivity contribution in [2.75, 3.05) is 74.3 Å². The van der Waals surface area contributed by atoms with Crippen LogP contribution in [0.4, 0.5) is 17.3 Å². The van der Waals surface area contributed by atoms with Gasteiger partial charge in [-0.05, 0) is 42.5 Å². The van der Waals surface area contributed by atoms with Gasteiger partial charge in [-0.15, -0.1) is 0 Å². The van der Waals surface area contributed by atoms with Crippen molar-refractivity contribution in [3.63, 3.8) is 0 Å². The molecule has 2 aromatic rings. The topological polar surface area (TPSA) is 106 Å². The molecule has 4 rings (SSSR count). The Kier molecular flexibility index (Phi) is 9.68. The highest BCUT2D eigenvalue weighted by Gasteiger charge is 2.20. The molecule has 2 fully saturated rings. The molecule has 9 nitrogen and oxygen atoms in total. The van der Waals surface area contributed by atoms with Crippen LogP contribution in [0.3, 0.4) is 0 Å². The zero-order chi connectivity index (χ0) is 25.3. The average molecular weight is 485 g/mol. The number of aromatic nitrogens is 2. The van der Waals surface area contributed by atoms with Gasteiger partial charge in [0.05, 0.1) is 38.3 Å². The number of nitrogens with two attached hydrogens (primary N) is 1. The van der Waals surface area contributed by atoms with Gasteiger partial charge in [0.2, 0.25) is 6.41 Å². The standard InChI is InChI=1S/C25H37N5O2.CH3NO/c1-19-22(17-21(18-27-19)26-6-5-25(2,3)4)20-15-23(29-7-11-31-12-8-29)28-24(16-20)30-9-13-32-14-10-30;2-1-3/h15-18,26H,5-14H2,1-4H3;1H,(H2,2,3). The third kappa shape index (κ3) is 8.07. The van der Waals surface area contributed by atoms with Crippen LogP contribution in [0.2, 0.25) is 0 Å². The van der Waals surface area contributed by atoms with Crippen LogP contribution in [-0.2, 0) is 14.3 Å². The highest BCUT2D eigenvalue weighted by Crippen LogP contribution is 2.32. The van der Waals surface area contributed by atoms with Crippen molar-refractivity contribution in [3.8, 4) is 11.1 Å². The Morgan fingerprint density at radius 3 is 2.00 bits per heavy atom. The summed E-state index contributed by atoms with van der Waals surface area (Å²) in [7, 11) is 0. The van der Waals surface area contributed by atoms with Crippen LogP contribution >= 0.6 is 0 Å². The number of pyridine rings is 2. The van der Waals surface area contributed by atoms with E-state index in [1.807, 2.05) is 6.20 Å². The van der Waals surface area contributed by atoms with Crippen LogP contribution < -0.4 is 20.9 Å². The predicted octanol–water partition coefficient (Wildman–Crippen LogP) is 3.07. The van der Waals surface area contributed by atoms with E-state index in [-0.39, 0.29) is 6.41 Å². The SMILES string of the molecule is Cc1ncc(NCCC(C)(C)C)cc1-c1cc(N2CCOCC2)nc(N2CCOCC2)c1.NC=O. The number of rotatable bonds is 6.